The number of benzene rings is 2. The van der Waals surface area contributed by atoms with E-state index in [-0.39, 0.29) is 12.6 Å². The molecule has 2 N–H and O–H groups in total. The molecule has 2 aliphatic rings. The lowest BCUT2D eigenvalue weighted by Gasteiger charge is -2.31. The molecule has 4 rings (SSSR count). The van der Waals surface area contributed by atoms with Crippen LogP contribution in [0, 0.1) is 11.3 Å². The molecule has 1 unspecified atom stereocenters. The van der Waals surface area contributed by atoms with E-state index in [0.29, 0.717) is 11.8 Å². The van der Waals surface area contributed by atoms with Crippen LogP contribution in [0.2, 0.25) is 0 Å². The number of aliphatic carboxylic acids is 1. The van der Waals surface area contributed by atoms with Gasteiger partial charge in [0.2, 0.25) is 0 Å². The SMILES string of the molecule is CN(C(=N)c1ccc(C2=NOC(CC3CCN(CC(=O)O)CC3)C2)cc1)c1ccccc1. The predicted molar refractivity (Wildman–Crippen MR) is 126 cm³/mol. The fourth-order valence-electron chi connectivity index (χ4n) is 4.46. The van der Waals surface area contributed by atoms with E-state index >= 15 is 0 Å². The van der Waals surface area contributed by atoms with Crippen molar-refractivity contribution in [1.29, 1.82) is 5.41 Å². The number of oxime groups is 1. The second kappa shape index (κ2) is 9.96. The maximum absolute atomic E-state index is 10.9. The Morgan fingerprint density at radius 1 is 1.16 bits per heavy atom. The minimum absolute atomic E-state index is 0.0863. The van der Waals surface area contributed by atoms with Crippen molar-refractivity contribution >= 4 is 23.2 Å². The van der Waals surface area contributed by atoms with Crippen molar-refractivity contribution in [2.75, 3.05) is 31.6 Å². The van der Waals surface area contributed by atoms with Crippen LogP contribution >= 0.6 is 0 Å². The second-order valence-corrected chi connectivity index (χ2v) is 8.64. The molecular formula is C25H30N4O3. The molecule has 0 aliphatic carbocycles. The summed E-state index contributed by atoms with van der Waals surface area (Å²) in [4.78, 5) is 20.5. The first-order chi connectivity index (χ1) is 15.5. The van der Waals surface area contributed by atoms with E-state index in [1.165, 1.54) is 0 Å². The van der Waals surface area contributed by atoms with Gasteiger partial charge in [-0.25, -0.2) is 0 Å². The topological polar surface area (TPSA) is 89.2 Å². The van der Waals surface area contributed by atoms with Crippen LogP contribution in [0.1, 0.15) is 36.8 Å². The first-order valence-corrected chi connectivity index (χ1v) is 11.1. The van der Waals surface area contributed by atoms with Crippen LogP contribution in [0.15, 0.2) is 59.8 Å². The lowest BCUT2D eigenvalue weighted by molar-refractivity contribution is -0.138. The zero-order valence-corrected chi connectivity index (χ0v) is 18.4. The summed E-state index contributed by atoms with van der Waals surface area (Å²) in [6.45, 7) is 1.80. The van der Waals surface area contributed by atoms with Gasteiger partial charge >= 0.3 is 5.97 Å². The molecule has 2 aromatic rings. The van der Waals surface area contributed by atoms with E-state index in [0.717, 1.165) is 61.3 Å². The number of nitrogens with one attached hydrogen (secondary N) is 1. The summed E-state index contributed by atoms with van der Waals surface area (Å²) < 4.78 is 0. The molecule has 7 nitrogen and oxygen atoms in total. The molecule has 0 spiro atoms. The molecule has 1 saturated heterocycles. The molecule has 2 aromatic carbocycles. The van der Waals surface area contributed by atoms with Crippen molar-refractivity contribution in [2.45, 2.75) is 31.8 Å². The number of carboxylic acids is 1. The van der Waals surface area contributed by atoms with Gasteiger partial charge in [0.05, 0.1) is 12.3 Å². The summed E-state index contributed by atoms with van der Waals surface area (Å²) >= 11 is 0. The summed E-state index contributed by atoms with van der Waals surface area (Å²) in [5.41, 5.74) is 3.81. The molecule has 2 heterocycles. The second-order valence-electron chi connectivity index (χ2n) is 8.64. The van der Waals surface area contributed by atoms with Gasteiger partial charge in [-0.15, -0.1) is 0 Å². The third-order valence-electron chi connectivity index (χ3n) is 6.37. The van der Waals surface area contributed by atoms with Gasteiger partial charge in [0.25, 0.3) is 0 Å². The first kappa shape index (κ1) is 22.0. The third-order valence-corrected chi connectivity index (χ3v) is 6.37. The molecule has 1 atom stereocenters. The lowest BCUT2D eigenvalue weighted by atomic mass is 9.89. The van der Waals surface area contributed by atoms with Crippen molar-refractivity contribution < 1.29 is 14.7 Å². The molecule has 2 aliphatic heterocycles. The quantitative estimate of drug-likeness (QED) is 0.511. The molecule has 168 valence electrons. The maximum Gasteiger partial charge on any atom is 0.317 e. The first-order valence-electron chi connectivity index (χ1n) is 11.1. The van der Waals surface area contributed by atoms with Gasteiger partial charge in [-0.05, 0) is 56.0 Å². The van der Waals surface area contributed by atoms with Gasteiger partial charge in [-0.1, -0.05) is 47.6 Å². The number of nitrogens with zero attached hydrogens (tertiary/aromatic N) is 3. The Labute approximate surface area is 188 Å². The number of piperidine rings is 1. The summed E-state index contributed by atoms with van der Waals surface area (Å²) in [6.07, 6.45) is 3.85. The van der Waals surface area contributed by atoms with E-state index in [4.69, 9.17) is 15.4 Å². The molecule has 0 amide bonds. The summed E-state index contributed by atoms with van der Waals surface area (Å²) in [6, 6.07) is 17.8. The maximum atomic E-state index is 10.9. The minimum atomic E-state index is -0.756. The van der Waals surface area contributed by atoms with E-state index < -0.39 is 5.97 Å². The molecule has 0 saturated carbocycles. The van der Waals surface area contributed by atoms with E-state index in [9.17, 15) is 4.79 Å². The van der Waals surface area contributed by atoms with Crippen molar-refractivity contribution in [3.63, 3.8) is 0 Å². The Morgan fingerprint density at radius 2 is 1.84 bits per heavy atom. The van der Waals surface area contributed by atoms with Crippen molar-refractivity contribution in [1.82, 2.24) is 4.90 Å². The number of para-hydroxylation sites is 1. The number of hydrogen-bond donors (Lipinski definition) is 2. The number of anilines is 1. The number of likely N-dealkylation sites (tertiary alicyclic amines) is 1. The number of rotatable bonds is 7. The summed E-state index contributed by atoms with van der Waals surface area (Å²) in [5, 5.41) is 21.8. The smallest absolute Gasteiger partial charge is 0.317 e. The van der Waals surface area contributed by atoms with E-state index in [1.54, 1.807) is 0 Å². The van der Waals surface area contributed by atoms with Crippen LogP contribution in [0.25, 0.3) is 0 Å². The van der Waals surface area contributed by atoms with Gasteiger partial charge in [-0.3, -0.25) is 15.1 Å². The minimum Gasteiger partial charge on any atom is -0.480 e. The number of hydrogen-bond acceptors (Lipinski definition) is 5. The van der Waals surface area contributed by atoms with Crippen LogP contribution in [0.3, 0.4) is 0 Å². The zero-order valence-electron chi connectivity index (χ0n) is 18.4. The van der Waals surface area contributed by atoms with E-state index in [1.807, 2.05) is 71.4 Å². The summed E-state index contributed by atoms with van der Waals surface area (Å²) in [7, 11) is 1.90. The number of carbonyl (C=O) groups is 1. The highest BCUT2D eigenvalue weighted by atomic mass is 16.6. The fourth-order valence-corrected chi connectivity index (χ4v) is 4.46. The van der Waals surface area contributed by atoms with Crippen LogP contribution < -0.4 is 4.90 Å². The Bertz CT molecular complexity index is 966. The average Bonchev–Trinajstić information content (AvgIpc) is 3.28. The van der Waals surface area contributed by atoms with Gasteiger partial charge in [0.1, 0.15) is 11.9 Å². The average molecular weight is 435 g/mol. The Hall–Kier alpha value is -3.19. The van der Waals surface area contributed by atoms with Gasteiger partial charge in [0.15, 0.2) is 0 Å². The van der Waals surface area contributed by atoms with E-state index in [2.05, 4.69) is 5.16 Å². The van der Waals surface area contributed by atoms with Crippen molar-refractivity contribution in [3.8, 4) is 0 Å². The Kier molecular flexibility index (Phi) is 6.85. The number of amidine groups is 1. The highest BCUT2D eigenvalue weighted by molar-refractivity contribution is 6.08. The highest BCUT2D eigenvalue weighted by Crippen LogP contribution is 2.28. The Morgan fingerprint density at radius 3 is 2.50 bits per heavy atom. The molecular weight excluding hydrogens is 404 g/mol. The normalized spacial score (nSPS) is 19.3. The van der Waals surface area contributed by atoms with Gasteiger partial charge < -0.3 is 14.8 Å². The van der Waals surface area contributed by atoms with Crippen LogP contribution in [-0.2, 0) is 9.63 Å². The van der Waals surface area contributed by atoms with Crippen molar-refractivity contribution in [3.05, 3.63) is 65.7 Å². The van der Waals surface area contributed by atoms with Gasteiger partial charge in [0, 0.05) is 24.7 Å². The van der Waals surface area contributed by atoms with Crippen LogP contribution in [-0.4, -0.2) is 60.3 Å². The number of carboxylic acid groups (broad SMARTS) is 1. The molecule has 7 heteroatoms. The summed E-state index contributed by atoms with van der Waals surface area (Å²) in [5.74, 6) is 0.240. The van der Waals surface area contributed by atoms with Crippen LogP contribution in [0.5, 0.6) is 0 Å². The molecule has 32 heavy (non-hydrogen) atoms. The standard InChI is InChI=1S/C25H30N4O3/c1-28(21-5-3-2-4-6-21)25(26)20-9-7-19(8-10-20)23-16-22(32-27-23)15-18-11-13-29(14-12-18)17-24(30)31/h2-10,18,22,26H,11-17H2,1H3,(H,30,31). The largest absolute Gasteiger partial charge is 0.480 e. The Balaban J connectivity index is 1.28. The molecule has 0 bridgehead atoms. The van der Waals surface area contributed by atoms with Crippen LogP contribution in [0.4, 0.5) is 5.69 Å². The zero-order chi connectivity index (χ0) is 22.5. The van der Waals surface area contributed by atoms with Gasteiger partial charge in [-0.2, -0.15) is 0 Å². The van der Waals surface area contributed by atoms with Crippen molar-refractivity contribution in [2.24, 2.45) is 11.1 Å². The molecule has 0 aromatic heterocycles. The third kappa shape index (κ3) is 5.34. The molecule has 1 fully saturated rings. The predicted octanol–water partition coefficient (Wildman–Crippen LogP) is 3.83. The monoisotopic (exact) mass is 434 g/mol. The lowest BCUT2D eigenvalue weighted by Crippen LogP contribution is -2.38. The fraction of sp³-hybridized carbons (Fsp3) is 0.400. The molecule has 0 radical (unpaired) electrons. The highest BCUT2D eigenvalue weighted by Gasteiger charge is 2.28.